The molecule has 0 aromatic heterocycles. The van der Waals surface area contributed by atoms with Crippen LogP contribution in [0.15, 0.2) is 35.5 Å². The van der Waals surface area contributed by atoms with Crippen molar-refractivity contribution in [1.82, 2.24) is 10.2 Å². The number of benzene rings is 1. The molecule has 1 aromatic rings. The van der Waals surface area contributed by atoms with Crippen LogP contribution in [0.4, 0.5) is 0 Å². The second kappa shape index (κ2) is 9.62. The van der Waals surface area contributed by atoms with Gasteiger partial charge in [0.2, 0.25) is 0 Å². The Labute approximate surface area is 167 Å². The average molecular weight is 386 g/mol. The Morgan fingerprint density at radius 3 is 3.00 bits per heavy atom. The van der Waals surface area contributed by atoms with Crippen molar-refractivity contribution in [3.05, 3.63) is 41.6 Å². The van der Waals surface area contributed by atoms with Gasteiger partial charge >= 0.3 is 5.97 Å². The summed E-state index contributed by atoms with van der Waals surface area (Å²) in [5.41, 5.74) is 3.26. The zero-order chi connectivity index (χ0) is 19.9. The highest BCUT2D eigenvalue weighted by Crippen LogP contribution is 2.31. The molecule has 0 bridgehead atoms. The van der Waals surface area contributed by atoms with E-state index >= 15 is 0 Å². The second-order valence-corrected chi connectivity index (χ2v) is 7.69. The van der Waals surface area contributed by atoms with Gasteiger partial charge in [0, 0.05) is 44.7 Å². The maximum atomic E-state index is 11.2. The molecule has 0 spiro atoms. The Bertz CT molecular complexity index is 745. The van der Waals surface area contributed by atoms with E-state index in [1.807, 2.05) is 13.1 Å². The Balaban J connectivity index is 1.53. The van der Waals surface area contributed by atoms with Crippen LogP contribution in [0, 0.1) is 5.92 Å². The van der Waals surface area contributed by atoms with Gasteiger partial charge in [-0.2, -0.15) is 0 Å². The molecule has 0 unspecified atom stereocenters. The van der Waals surface area contributed by atoms with Crippen LogP contribution >= 0.6 is 0 Å². The number of rotatable bonds is 8. The Hall–Kier alpha value is -2.50. The number of fused-ring (bicyclic) bond motifs is 1. The summed E-state index contributed by atoms with van der Waals surface area (Å²) in [7, 11) is 1.97. The standard InChI is InChI=1S/C22H31N3O3/c1-16-18(14-22(26)27)12-17-7-8-20(13-19(17)15-25(16)2)28-11-4-3-6-21-23-9-5-10-24-21/h7-8,13,18H,1,3-6,9-12,14-15H2,2H3,(H,23,24)(H,26,27)/t18-/m0/s1. The number of amidine groups is 1. The van der Waals surface area contributed by atoms with Crippen LogP contribution in [0.3, 0.4) is 0 Å². The number of unbranched alkanes of at least 4 members (excludes halogenated alkanes) is 1. The van der Waals surface area contributed by atoms with E-state index < -0.39 is 5.97 Å². The molecule has 0 amide bonds. The smallest absolute Gasteiger partial charge is 0.304 e. The topological polar surface area (TPSA) is 74.2 Å². The molecular weight excluding hydrogens is 354 g/mol. The van der Waals surface area contributed by atoms with Gasteiger partial charge in [0.1, 0.15) is 5.75 Å². The highest BCUT2D eigenvalue weighted by molar-refractivity contribution is 5.82. The van der Waals surface area contributed by atoms with Gasteiger partial charge in [-0.3, -0.25) is 9.79 Å². The van der Waals surface area contributed by atoms with Gasteiger partial charge in [0.15, 0.2) is 0 Å². The van der Waals surface area contributed by atoms with Crippen LogP contribution in [0.5, 0.6) is 5.75 Å². The molecule has 6 nitrogen and oxygen atoms in total. The zero-order valence-corrected chi connectivity index (χ0v) is 16.7. The summed E-state index contributed by atoms with van der Waals surface area (Å²) in [6.45, 7) is 7.53. The summed E-state index contributed by atoms with van der Waals surface area (Å²) in [5, 5.41) is 12.5. The van der Waals surface area contributed by atoms with Gasteiger partial charge in [-0.25, -0.2) is 0 Å². The van der Waals surface area contributed by atoms with Gasteiger partial charge in [-0.1, -0.05) is 12.6 Å². The van der Waals surface area contributed by atoms with Crippen LogP contribution < -0.4 is 10.1 Å². The van der Waals surface area contributed by atoms with Crippen LogP contribution in [0.2, 0.25) is 0 Å². The van der Waals surface area contributed by atoms with Crippen LogP contribution in [0.1, 0.15) is 43.2 Å². The number of carboxylic acid groups (broad SMARTS) is 1. The third kappa shape index (κ3) is 5.50. The van der Waals surface area contributed by atoms with Gasteiger partial charge in [0.05, 0.1) is 18.9 Å². The molecular formula is C22H31N3O3. The minimum Gasteiger partial charge on any atom is -0.494 e. The highest BCUT2D eigenvalue weighted by Gasteiger charge is 2.25. The summed E-state index contributed by atoms with van der Waals surface area (Å²) < 4.78 is 5.96. The number of carboxylic acids is 1. The Morgan fingerprint density at radius 2 is 2.25 bits per heavy atom. The molecule has 2 aliphatic heterocycles. The molecule has 0 aliphatic carbocycles. The van der Waals surface area contributed by atoms with E-state index in [0.717, 1.165) is 62.6 Å². The summed E-state index contributed by atoms with van der Waals surface area (Å²) >= 11 is 0. The van der Waals surface area contributed by atoms with Crippen molar-refractivity contribution < 1.29 is 14.6 Å². The molecule has 0 fully saturated rings. The number of carbonyl (C=O) groups is 1. The van der Waals surface area contributed by atoms with Crippen LogP contribution in [-0.4, -0.2) is 48.6 Å². The van der Waals surface area contributed by atoms with Crippen molar-refractivity contribution in [1.29, 1.82) is 0 Å². The van der Waals surface area contributed by atoms with Gasteiger partial charge in [-0.15, -0.1) is 0 Å². The minimum atomic E-state index is -0.780. The highest BCUT2D eigenvalue weighted by atomic mass is 16.5. The molecule has 0 radical (unpaired) electrons. The van der Waals surface area contributed by atoms with E-state index in [9.17, 15) is 9.90 Å². The van der Waals surface area contributed by atoms with Crippen LogP contribution in [-0.2, 0) is 17.8 Å². The first-order valence-corrected chi connectivity index (χ1v) is 10.2. The summed E-state index contributed by atoms with van der Waals surface area (Å²) in [6, 6.07) is 6.17. The molecule has 2 N–H and O–H groups in total. The summed E-state index contributed by atoms with van der Waals surface area (Å²) in [4.78, 5) is 17.7. The molecule has 3 rings (SSSR count). The molecule has 0 saturated heterocycles. The molecule has 1 aromatic carbocycles. The fourth-order valence-corrected chi connectivity index (χ4v) is 3.82. The Kier molecular flexibility index (Phi) is 6.95. The number of nitrogens with one attached hydrogen (secondary N) is 1. The van der Waals surface area contributed by atoms with E-state index in [1.165, 1.54) is 11.1 Å². The number of aliphatic imine (C=N–C) groups is 1. The Morgan fingerprint density at radius 1 is 1.39 bits per heavy atom. The number of hydrogen-bond acceptors (Lipinski definition) is 5. The fourth-order valence-electron chi connectivity index (χ4n) is 3.82. The lowest BCUT2D eigenvalue weighted by atomic mass is 9.93. The first kappa shape index (κ1) is 20.2. The summed E-state index contributed by atoms with van der Waals surface area (Å²) in [6.07, 6.45) is 5.00. The number of hydrogen-bond donors (Lipinski definition) is 2. The molecule has 6 heteroatoms. The SMILES string of the molecule is C=C1[C@H](CC(=O)O)Cc2ccc(OCCCCC3=NCCCN3)cc2CN1C. The average Bonchev–Trinajstić information content (AvgIpc) is 2.79. The predicted molar refractivity (Wildman–Crippen MR) is 111 cm³/mol. The largest absolute Gasteiger partial charge is 0.494 e. The molecule has 152 valence electrons. The van der Waals surface area contributed by atoms with Crippen molar-refractivity contribution in [3.8, 4) is 5.75 Å². The maximum Gasteiger partial charge on any atom is 0.304 e. The normalized spacial score (nSPS) is 19.3. The van der Waals surface area contributed by atoms with Gasteiger partial charge in [-0.05, 0) is 48.9 Å². The first-order chi connectivity index (χ1) is 13.5. The summed E-state index contributed by atoms with van der Waals surface area (Å²) in [5.74, 6) is 1.17. The fraction of sp³-hybridized carbons (Fsp3) is 0.545. The zero-order valence-electron chi connectivity index (χ0n) is 16.7. The third-order valence-electron chi connectivity index (χ3n) is 5.48. The molecule has 28 heavy (non-hydrogen) atoms. The molecule has 0 saturated carbocycles. The number of ether oxygens (including phenoxy) is 1. The third-order valence-corrected chi connectivity index (χ3v) is 5.48. The minimum absolute atomic E-state index is 0.0631. The quantitative estimate of drug-likeness (QED) is 0.672. The number of aliphatic carboxylic acids is 1. The van der Waals surface area contributed by atoms with E-state index in [1.54, 1.807) is 0 Å². The molecule has 2 aliphatic rings. The van der Waals surface area contributed by atoms with Crippen molar-refractivity contribution in [2.24, 2.45) is 10.9 Å². The number of nitrogens with zero attached hydrogens (tertiary/aromatic N) is 2. The number of allylic oxidation sites excluding steroid dienone is 1. The van der Waals surface area contributed by atoms with Crippen molar-refractivity contribution in [3.63, 3.8) is 0 Å². The van der Waals surface area contributed by atoms with E-state index in [2.05, 4.69) is 33.9 Å². The lowest BCUT2D eigenvalue weighted by Crippen LogP contribution is -2.29. The second-order valence-electron chi connectivity index (χ2n) is 7.69. The van der Waals surface area contributed by atoms with Gasteiger partial charge in [0.25, 0.3) is 0 Å². The first-order valence-electron chi connectivity index (χ1n) is 10.2. The predicted octanol–water partition coefficient (Wildman–Crippen LogP) is 3.22. The molecule has 2 heterocycles. The van der Waals surface area contributed by atoms with Crippen molar-refractivity contribution in [2.75, 3.05) is 26.7 Å². The lowest BCUT2D eigenvalue weighted by Gasteiger charge is -2.24. The van der Waals surface area contributed by atoms with Crippen molar-refractivity contribution >= 4 is 11.8 Å². The van der Waals surface area contributed by atoms with E-state index in [0.29, 0.717) is 13.0 Å². The monoisotopic (exact) mass is 385 g/mol. The lowest BCUT2D eigenvalue weighted by molar-refractivity contribution is -0.137. The molecule has 1 atom stereocenters. The van der Waals surface area contributed by atoms with Gasteiger partial charge < -0.3 is 20.1 Å². The maximum absolute atomic E-state index is 11.2. The van der Waals surface area contributed by atoms with E-state index in [4.69, 9.17) is 4.74 Å². The van der Waals surface area contributed by atoms with E-state index in [-0.39, 0.29) is 12.3 Å². The van der Waals surface area contributed by atoms with Crippen molar-refractivity contribution in [2.45, 2.75) is 45.1 Å². The van der Waals surface area contributed by atoms with Crippen LogP contribution in [0.25, 0.3) is 0 Å².